The summed E-state index contributed by atoms with van der Waals surface area (Å²) < 4.78 is 11.5. The number of hydrogen-bond acceptors (Lipinski definition) is 3. The Labute approximate surface area is 109 Å². The molecule has 0 aliphatic rings. The molecule has 2 aromatic rings. The molecule has 0 spiro atoms. The molecule has 0 bridgehead atoms. The molecule has 0 aliphatic carbocycles. The van der Waals surface area contributed by atoms with Gasteiger partial charge in [0.05, 0.1) is 0 Å². The summed E-state index contributed by atoms with van der Waals surface area (Å²) in [5.41, 5.74) is -1.11. The predicted molar refractivity (Wildman–Crippen MR) is 70.6 cm³/mol. The number of fused-ring (bicyclic) bond motifs is 1. The van der Waals surface area contributed by atoms with Crippen LogP contribution in [0, 0.1) is 10.1 Å². The molecule has 6 nitrogen and oxygen atoms in total. The highest BCUT2D eigenvalue weighted by Gasteiger charge is 2.35. The minimum Gasteiger partial charge on any atom is -0.324 e. The van der Waals surface area contributed by atoms with Crippen molar-refractivity contribution in [2.45, 2.75) is 5.66 Å². The maximum absolute atomic E-state index is 11.5. The van der Waals surface area contributed by atoms with Gasteiger partial charge in [-0.25, -0.2) is 0 Å². The van der Waals surface area contributed by atoms with Gasteiger partial charge in [-0.15, -0.1) is 0 Å². The zero-order chi connectivity index (χ0) is 14.0. The van der Waals surface area contributed by atoms with Crippen molar-refractivity contribution in [2.75, 3.05) is 6.54 Å². The van der Waals surface area contributed by atoms with E-state index in [1.165, 1.54) is 6.07 Å². The van der Waals surface area contributed by atoms with E-state index in [2.05, 4.69) is 0 Å². The molecule has 0 unspecified atom stereocenters. The lowest BCUT2D eigenvalue weighted by Crippen LogP contribution is -2.13. The summed E-state index contributed by atoms with van der Waals surface area (Å²) in [6.07, 6.45) is 0. The normalized spacial score (nSPS) is 13.4. The molecule has 0 saturated carbocycles. The first-order chi connectivity index (χ1) is 8.89. The first-order valence-corrected chi connectivity index (χ1v) is 7.22. The molecule has 0 aromatic heterocycles. The van der Waals surface area contributed by atoms with Crippen LogP contribution in [0.15, 0.2) is 42.5 Å². The molecule has 0 radical (unpaired) electrons. The third-order valence-electron chi connectivity index (χ3n) is 2.91. The number of rotatable bonds is 4. The van der Waals surface area contributed by atoms with Crippen molar-refractivity contribution in [3.63, 3.8) is 0 Å². The summed E-state index contributed by atoms with van der Waals surface area (Å²) in [5, 5.41) is 12.0. The summed E-state index contributed by atoms with van der Waals surface area (Å²) in [7, 11) is -4.60. The van der Waals surface area contributed by atoms with Crippen molar-refractivity contribution in [3.8, 4) is 0 Å². The van der Waals surface area contributed by atoms with Crippen LogP contribution in [0.3, 0.4) is 0 Å². The van der Waals surface area contributed by atoms with Crippen LogP contribution in [-0.4, -0.2) is 21.3 Å². The lowest BCUT2D eigenvalue weighted by molar-refractivity contribution is -0.480. The van der Waals surface area contributed by atoms with Gasteiger partial charge in [-0.2, -0.15) is 0 Å². The number of nitrogens with zero attached hydrogens (tertiary/aromatic N) is 1. The molecule has 0 amide bonds. The predicted octanol–water partition coefficient (Wildman–Crippen LogP) is 2.34. The Kier molecular flexibility index (Phi) is 3.66. The Morgan fingerprint density at radius 3 is 2.42 bits per heavy atom. The van der Waals surface area contributed by atoms with Crippen molar-refractivity contribution in [1.29, 1.82) is 0 Å². The van der Waals surface area contributed by atoms with Crippen LogP contribution >= 0.6 is 7.60 Å². The van der Waals surface area contributed by atoms with E-state index in [4.69, 9.17) is 0 Å². The summed E-state index contributed by atoms with van der Waals surface area (Å²) in [6, 6.07) is 12.0. The Bertz CT molecular complexity index is 661. The molecule has 7 heteroatoms. The van der Waals surface area contributed by atoms with Crippen LogP contribution in [0.4, 0.5) is 0 Å². The SMILES string of the molecule is O=[N+]([O-])C[C@@H](c1cccc2ccccc12)P(=O)(O)O. The van der Waals surface area contributed by atoms with E-state index in [9.17, 15) is 24.5 Å². The van der Waals surface area contributed by atoms with Gasteiger partial charge in [0.15, 0.2) is 5.66 Å². The van der Waals surface area contributed by atoms with Gasteiger partial charge < -0.3 is 9.79 Å². The van der Waals surface area contributed by atoms with E-state index in [0.717, 1.165) is 5.39 Å². The molecule has 2 aromatic carbocycles. The molecule has 100 valence electrons. The van der Waals surface area contributed by atoms with Gasteiger partial charge in [-0.05, 0) is 16.3 Å². The van der Waals surface area contributed by atoms with Crippen molar-refractivity contribution in [2.24, 2.45) is 0 Å². The van der Waals surface area contributed by atoms with E-state index < -0.39 is 24.7 Å². The van der Waals surface area contributed by atoms with Gasteiger partial charge in [0, 0.05) is 4.92 Å². The number of hydrogen-bond donors (Lipinski definition) is 2. The van der Waals surface area contributed by atoms with Gasteiger partial charge >= 0.3 is 7.60 Å². The molecule has 0 aliphatic heterocycles. The molecule has 2 rings (SSSR count). The quantitative estimate of drug-likeness (QED) is 0.509. The number of nitro groups is 1. The molecule has 0 saturated heterocycles. The average molecular weight is 281 g/mol. The molecule has 1 atom stereocenters. The van der Waals surface area contributed by atoms with Crippen LogP contribution in [0.1, 0.15) is 11.2 Å². The summed E-state index contributed by atoms with van der Waals surface area (Å²) in [6.45, 7) is -0.793. The van der Waals surface area contributed by atoms with Crippen LogP contribution < -0.4 is 0 Å². The van der Waals surface area contributed by atoms with Gasteiger partial charge in [0.2, 0.25) is 6.54 Å². The van der Waals surface area contributed by atoms with Crippen molar-refractivity contribution < 1.29 is 19.3 Å². The van der Waals surface area contributed by atoms with Gasteiger partial charge in [0.25, 0.3) is 0 Å². The summed E-state index contributed by atoms with van der Waals surface area (Å²) in [4.78, 5) is 28.6. The summed E-state index contributed by atoms with van der Waals surface area (Å²) in [5.74, 6) is 0. The fraction of sp³-hybridized carbons (Fsp3) is 0.167. The average Bonchev–Trinajstić information content (AvgIpc) is 2.34. The Morgan fingerprint density at radius 1 is 1.16 bits per heavy atom. The van der Waals surface area contributed by atoms with Crippen LogP contribution in [0.25, 0.3) is 10.8 Å². The highest BCUT2D eigenvalue weighted by molar-refractivity contribution is 7.52. The topological polar surface area (TPSA) is 101 Å². The molecule has 0 heterocycles. The molecular weight excluding hydrogens is 269 g/mol. The summed E-state index contributed by atoms with van der Waals surface area (Å²) >= 11 is 0. The molecular formula is C12H12NO5P. The zero-order valence-corrected chi connectivity index (χ0v) is 10.7. The first kappa shape index (κ1) is 13.7. The second kappa shape index (κ2) is 5.09. The third kappa shape index (κ3) is 2.98. The Morgan fingerprint density at radius 2 is 1.79 bits per heavy atom. The maximum atomic E-state index is 11.5. The van der Waals surface area contributed by atoms with E-state index in [-0.39, 0.29) is 0 Å². The van der Waals surface area contributed by atoms with E-state index in [0.29, 0.717) is 10.9 Å². The van der Waals surface area contributed by atoms with E-state index >= 15 is 0 Å². The van der Waals surface area contributed by atoms with Crippen molar-refractivity contribution >= 4 is 18.4 Å². The fourth-order valence-electron chi connectivity index (χ4n) is 2.07. The second-order valence-electron chi connectivity index (χ2n) is 4.19. The van der Waals surface area contributed by atoms with Gasteiger partial charge in [0.1, 0.15) is 0 Å². The van der Waals surface area contributed by atoms with Crippen molar-refractivity contribution in [1.82, 2.24) is 0 Å². The largest absolute Gasteiger partial charge is 0.339 e. The minimum absolute atomic E-state index is 0.308. The minimum atomic E-state index is -4.60. The van der Waals surface area contributed by atoms with E-state index in [1.54, 1.807) is 36.4 Å². The lowest BCUT2D eigenvalue weighted by atomic mass is 10.0. The Hall–Kier alpha value is -1.75. The van der Waals surface area contributed by atoms with Crippen LogP contribution in [-0.2, 0) is 4.57 Å². The van der Waals surface area contributed by atoms with Crippen LogP contribution in [0.5, 0.6) is 0 Å². The first-order valence-electron chi connectivity index (χ1n) is 5.54. The third-order valence-corrected chi connectivity index (χ3v) is 4.16. The molecule has 2 N–H and O–H groups in total. The Balaban J connectivity index is 2.62. The fourth-order valence-corrected chi connectivity index (χ4v) is 3.00. The van der Waals surface area contributed by atoms with Crippen LogP contribution in [0.2, 0.25) is 0 Å². The van der Waals surface area contributed by atoms with Crippen molar-refractivity contribution in [3.05, 3.63) is 58.1 Å². The number of benzene rings is 2. The highest BCUT2D eigenvalue weighted by atomic mass is 31.2. The standard InChI is InChI=1S/C12H12NO5P/c14-13(15)8-12(19(16,17)18)11-7-3-5-9-4-1-2-6-10(9)11/h1-7,12H,8H2,(H2,16,17,18)/t12-/m0/s1. The lowest BCUT2D eigenvalue weighted by Gasteiger charge is -2.16. The monoisotopic (exact) mass is 281 g/mol. The molecule has 19 heavy (non-hydrogen) atoms. The van der Waals surface area contributed by atoms with E-state index in [1.807, 2.05) is 0 Å². The zero-order valence-electron chi connectivity index (χ0n) is 9.84. The smallest absolute Gasteiger partial charge is 0.324 e. The van der Waals surface area contributed by atoms with Gasteiger partial charge in [-0.1, -0.05) is 42.5 Å². The van der Waals surface area contributed by atoms with Gasteiger partial charge in [-0.3, -0.25) is 14.7 Å². The second-order valence-corrected chi connectivity index (χ2v) is 5.99. The maximum Gasteiger partial charge on any atom is 0.339 e. The molecule has 0 fully saturated rings. The highest BCUT2D eigenvalue weighted by Crippen LogP contribution is 2.53.